The van der Waals surface area contributed by atoms with Crippen LogP contribution in [0.15, 0.2) is 30.3 Å². The van der Waals surface area contributed by atoms with Gasteiger partial charge in [0.15, 0.2) is 0 Å². The van der Waals surface area contributed by atoms with Gasteiger partial charge in [-0.05, 0) is 65.5 Å². The van der Waals surface area contributed by atoms with Crippen molar-refractivity contribution in [1.29, 1.82) is 0 Å². The molecule has 1 aliphatic carbocycles. The van der Waals surface area contributed by atoms with Gasteiger partial charge in [-0.2, -0.15) is 0 Å². The molecular weight excluding hydrogens is 358 g/mol. The highest BCUT2D eigenvalue weighted by Crippen LogP contribution is 2.32. The van der Waals surface area contributed by atoms with E-state index in [0.29, 0.717) is 0 Å². The number of hydrogen-bond acceptors (Lipinski definition) is 5. The summed E-state index contributed by atoms with van der Waals surface area (Å²) < 4.78 is 17.1. The number of benzene rings is 1. The van der Waals surface area contributed by atoms with E-state index >= 15 is 0 Å². The molecule has 0 heterocycles. The monoisotopic (exact) mass is 391 g/mol. The second kappa shape index (κ2) is 9.80. The summed E-state index contributed by atoms with van der Waals surface area (Å²) in [6.45, 7) is 8.84. The van der Waals surface area contributed by atoms with Crippen molar-refractivity contribution in [2.75, 3.05) is 0 Å². The first-order valence-corrected chi connectivity index (χ1v) is 10.1. The second-order valence-electron chi connectivity index (χ2n) is 8.45. The maximum Gasteiger partial charge on any atom is 0.408 e. The molecule has 0 spiro atoms. The zero-order valence-corrected chi connectivity index (χ0v) is 17.6. The van der Waals surface area contributed by atoms with E-state index in [1.165, 1.54) is 0 Å². The van der Waals surface area contributed by atoms with Crippen LogP contribution < -0.4 is 10.1 Å². The van der Waals surface area contributed by atoms with Crippen molar-refractivity contribution in [1.82, 2.24) is 5.32 Å². The second-order valence-corrected chi connectivity index (χ2v) is 8.45. The van der Waals surface area contributed by atoms with Crippen LogP contribution in [0.3, 0.4) is 0 Å². The fourth-order valence-electron chi connectivity index (χ4n) is 3.42. The van der Waals surface area contributed by atoms with Gasteiger partial charge in [-0.15, -0.1) is 0 Å². The minimum atomic E-state index is -0.803. The molecule has 28 heavy (non-hydrogen) atoms. The molecular formula is C22H33NO5. The molecule has 1 aromatic rings. The third-order valence-electron chi connectivity index (χ3n) is 4.73. The van der Waals surface area contributed by atoms with Crippen LogP contribution >= 0.6 is 0 Å². The fraction of sp³-hybridized carbons (Fsp3) is 0.636. The number of nitrogens with one attached hydrogen (secondary N) is 1. The largest absolute Gasteiger partial charge is 0.487 e. The predicted octanol–water partition coefficient (Wildman–Crippen LogP) is 4.47. The zero-order chi connectivity index (χ0) is 20.7. The van der Waals surface area contributed by atoms with E-state index in [-0.39, 0.29) is 18.1 Å². The van der Waals surface area contributed by atoms with Crippen LogP contribution in [-0.2, 0) is 14.3 Å². The van der Waals surface area contributed by atoms with E-state index < -0.39 is 23.7 Å². The number of ether oxygens (including phenoxy) is 3. The predicted molar refractivity (Wildman–Crippen MR) is 107 cm³/mol. The molecule has 1 aromatic carbocycles. The van der Waals surface area contributed by atoms with E-state index in [2.05, 4.69) is 5.32 Å². The van der Waals surface area contributed by atoms with Crippen molar-refractivity contribution in [3.05, 3.63) is 30.3 Å². The quantitative estimate of drug-likeness (QED) is 0.694. The van der Waals surface area contributed by atoms with Crippen molar-refractivity contribution in [3.8, 4) is 5.75 Å². The Balaban J connectivity index is 1.99. The van der Waals surface area contributed by atoms with E-state index in [4.69, 9.17) is 14.2 Å². The highest BCUT2D eigenvalue weighted by atomic mass is 16.6. The maximum absolute atomic E-state index is 12.6. The molecule has 2 rings (SSSR count). The molecule has 0 radical (unpaired) electrons. The number of hydrogen-bond donors (Lipinski definition) is 1. The molecule has 1 unspecified atom stereocenters. The molecule has 0 bridgehead atoms. The van der Waals surface area contributed by atoms with Gasteiger partial charge in [-0.1, -0.05) is 31.0 Å². The standard InChI is InChI=1S/C22H33NO5/c1-15(23-21(25)28-22(3,4)5)20(24)27-19(17-11-9-10-12-17)16(2)26-18-13-7-6-8-14-18/h6-8,13-17,19H,9-12H2,1-5H3,(H,23,25)/t15-,16-,19?/m0/s1. The van der Waals surface area contributed by atoms with Gasteiger partial charge in [0.1, 0.15) is 29.6 Å². The van der Waals surface area contributed by atoms with Crippen LogP contribution in [0.5, 0.6) is 5.75 Å². The lowest BCUT2D eigenvalue weighted by atomic mass is 9.96. The summed E-state index contributed by atoms with van der Waals surface area (Å²) >= 11 is 0. The Hall–Kier alpha value is -2.24. The number of para-hydroxylation sites is 1. The van der Waals surface area contributed by atoms with Gasteiger partial charge in [0, 0.05) is 0 Å². The fourth-order valence-corrected chi connectivity index (χ4v) is 3.42. The molecule has 0 aliphatic heterocycles. The van der Waals surface area contributed by atoms with Gasteiger partial charge in [0.2, 0.25) is 0 Å². The third-order valence-corrected chi connectivity index (χ3v) is 4.73. The number of amides is 1. The number of alkyl carbamates (subject to hydrolysis) is 1. The molecule has 3 atom stereocenters. The van der Waals surface area contributed by atoms with Crippen molar-refractivity contribution < 1.29 is 23.8 Å². The van der Waals surface area contributed by atoms with Gasteiger partial charge in [0.25, 0.3) is 0 Å². The highest BCUT2D eigenvalue weighted by Gasteiger charge is 2.35. The number of esters is 1. The Bertz CT molecular complexity index is 634. The van der Waals surface area contributed by atoms with Crippen LogP contribution in [0.25, 0.3) is 0 Å². The summed E-state index contributed by atoms with van der Waals surface area (Å²) in [6, 6.07) is 8.71. The Kier molecular flexibility index (Phi) is 7.72. The lowest BCUT2D eigenvalue weighted by molar-refractivity contribution is -0.159. The first-order chi connectivity index (χ1) is 13.2. The molecule has 1 aliphatic rings. The SMILES string of the molecule is C[C@H](NC(=O)OC(C)(C)C)C(=O)OC(C1CCCC1)[C@H](C)Oc1ccccc1. The topological polar surface area (TPSA) is 73.9 Å². The van der Waals surface area contributed by atoms with E-state index in [1.54, 1.807) is 27.7 Å². The molecule has 1 fully saturated rings. The molecule has 156 valence electrons. The number of carbonyl (C=O) groups excluding carboxylic acids is 2. The molecule has 1 amide bonds. The van der Waals surface area contributed by atoms with E-state index in [9.17, 15) is 9.59 Å². The third kappa shape index (κ3) is 7.06. The van der Waals surface area contributed by atoms with Crippen molar-refractivity contribution >= 4 is 12.1 Å². The Morgan fingerprint density at radius 1 is 1.07 bits per heavy atom. The number of rotatable bonds is 7. The Morgan fingerprint density at radius 3 is 2.25 bits per heavy atom. The minimum Gasteiger partial charge on any atom is -0.487 e. The summed E-state index contributed by atoms with van der Waals surface area (Å²) in [7, 11) is 0. The lowest BCUT2D eigenvalue weighted by Crippen LogP contribution is -2.46. The average molecular weight is 392 g/mol. The first-order valence-electron chi connectivity index (χ1n) is 10.1. The maximum atomic E-state index is 12.6. The molecule has 0 saturated heterocycles. The lowest BCUT2D eigenvalue weighted by Gasteiger charge is -2.30. The molecule has 0 aromatic heterocycles. The summed E-state index contributed by atoms with van der Waals surface area (Å²) in [5.41, 5.74) is -0.627. The summed E-state index contributed by atoms with van der Waals surface area (Å²) in [5.74, 6) is 0.525. The smallest absolute Gasteiger partial charge is 0.408 e. The number of carbonyl (C=O) groups is 2. The Morgan fingerprint density at radius 2 is 1.68 bits per heavy atom. The van der Waals surface area contributed by atoms with Crippen LogP contribution in [0.1, 0.15) is 60.3 Å². The van der Waals surface area contributed by atoms with Gasteiger partial charge in [0.05, 0.1) is 0 Å². The minimum absolute atomic E-state index is 0.261. The average Bonchev–Trinajstić information content (AvgIpc) is 3.12. The van der Waals surface area contributed by atoms with Gasteiger partial charge >= 0.3 is 12.1 Å². The van der Waals surface area contributed by atoms with Gasteiger partial charge < -0.3 is 19.5 Å². The Labute approximate surface area is 167 Å². The molecule has 1 N–H and O–H groups in total. The summed E-state index contributed by atoms with van der Waals surface area (Å²) in [6.07, 6.45) is 2.98. The van der Waals surface area contributed by atoms with E-state index in [0.717, 1.165) is 31.4 Å². The van der Waals surface area contributed by atoms with E-state index in [1.807, 2.05) is 37.3 Å². The van der Waals surface area contributed by atoms with Crippen LogP contribution in [0, 0.1) is 5.92 Å². The van der Waals surface area contributed by atoms with Crippen LogP contribution in [0.4, 0.5) is 4.79 Å². The normalized spacial score (nSPS) is 18.0. The molecule has 6 nitrogen and oxygen atoms in total. The summed E-state index contributed by atoms with van der Waals surface area (Å²) in [4.78, 5) is 24.5. The summed E-state index contributed by atoms with van der Waals surface area (Å²) in [5, 5.41) is 2.54. The zero-order valence-electron chi connectivity index (χ0n) is 17.6. The van der Waals surface area contributed by atoms with Crippen molar-refractivity contribution in [2.24, 2.45) is 5.92 Å². The van der Waals surface area contributed by atoms with Gasteiger partial charge in [-0.25, -0.2) is 9.59 Å². The highest BCUT2D eigenvalue weighted by molar-refractivity contribution is 5.81. The molecule has 6 heteroatoms. The van der Waals surface area contributed by atoms with Crippen molar-refractivity contribution in [2.45, 2.75) is 84.2 Å². The van der Waals surface area contributed by atoms with Crippen LogP contribution in [-0.4, -0.2) is 35.9 Å². The van der Waals surface area contributed by atoms with Gasteiger partial charge in [-0.3, -0.25) is 0 Å². The van der Waals surface area contributed by atoms with Crippen LogP contribution in [0.2, 0.25) is 0 Å². The first kappa shape index (κ1) is 22.1. The van der Waals surface area contributed by atoms with Crippen molar-refractivity contribution in [3.63, 3.8) is 0 Å². The molecule has 1 saturated carbocycles.